The Balaban J connectivity index is 1.44. The molecular formula is C24H18N2O4S. The Morgan fingerprint density at radius 3 is 2.35 bits per heavy atom. The van der Waals surface area contributed by atoms with Gasteiger partial charge in [0.1, 0.15) is 10.6 Å². The standard InChI is InChI=1S/C24H18N2O4S/c27-24(21-14-13-19-8-4-5-9-20(19)16-21)26-25-17-18-7-6-10-22(15-18)30-31(28,29)23-11-2-1-3-12-23/h1-17H,(H,26,27)/b25-17-. The fourth-order valence-electron chi connectivity index (χ4n) is 2.97. The van der Waals surface area contributed by atoms with Crippen LogP contribution in [-0.2, 0) is 10.1 Å². The normalized spacial score (nSPS) is 11.5. The van der Waals surface area contributed by atoms with Gasteiger partial charge in [0.2, 0.25) is 0 Å². The van der Waals surface area contributed by atoms with Crippen molar-refractivity contribution < 1.29 is 17.4 Å². The van der Waals surface area contributed by atoms with E-state index in [0.717, 1.165) is 10.8 Å². The van der Waals surface area contributed by atoms with E-state index in [4.69, 9.17) is 4.18 Å². The summed E-state index contributed by atoms with van der Waals surface area (Å²) in [4.78, 5) is 12.4. The highest BCUT2D eigenvalue weighted by Gasteiger charge is 2.16. The maximum atomic E-state index is 12.4. The van der Waals surface area contributed by atoms with Crippen LogP contribution in [0, 0.1) is 0 Å². The first kappa shape index (κ1) is 20.3. The minimum absolute atomic E-state index is 0.0664. The van der Waals surface area contributed by atoms with E-state index in [2.05, 4.69) is 10.5 Å². The molecule has 0 aromatic heterocycles. The van der Waals surface area contributed by atoms with Crippen LogP contribution < -0.4 is 9.61 Å². The number of carbonyl (C=O) groups excluding carboxylic acids is 1. The highest BCUT2D eigenvalue weighted by Crippen LogP contribution is 2.19. The van der Waals surface area contributed by atoms with E-state index in [1.165, 1.54) is 30.5 Å². The lowest BCUT2D eigenvalue weighted by molar-refractivity contribution is 0.0955. The molecule has 0 heterocycles. The molecule has 0 aliphatic rings. The molecule has 154 valence electrons. The molecule has 0 saturated carbocycles. The van der Waals surface area contributed by atoms with Crippen molar-refractivity contribution in [1.82, 2.24) is 5.43 Å². The maximum Gasteiger partial charge on any atom is 0.339 e. The number of hydrazone groups is 1. The zero-order valence-electron chi connectivity index (χ0n) is 16.3. The number of rotatable bonds is 6. The predicted molar refractivity (Wildman–Crippen MR) is 120 cm³/mol. The van der Waals surface area contributed by atoms with Gasteiger partial charge in [-0.2, -0.15) is 13.5 Å². The quantitative estimate of drug-likeness (QED) is 0.280. The second-order valence-electron chi connectivity index (χ2n) is 6.68. The molecule has 0 bridgehead atoms. The molecule has 4 rings (SSSR count). The van der Waals surface area contributed by atoms with Crippen LogP contribution in [0.2, 0.25) is 0 Å². The number of nitrogens with zero attached hydrogens (tertiary/aromatic N) is 1. The average Bonchev–Trinajstić information content (AvgIpc) is 2.79. The fourth-order valence-corrected chi connectivity index (χ4v) is 3.91. The Bertz CT molecular complexity index is 1370. The Morgan fingerprint density at radius 1 is 0.806 bits per heavy atom. The van der Waals surface area contributed by atoms with Crippen molar-refractivity contribution in [2.45, 2.75) is 4.90 Å². The Hall–Kier alpha value is -3.97. The molecule has 4 aromatic rings. The van der Waals surface area contributed by atoms with Gasteiger partial charge in [-0.3, -0.25) is 4.79 Å². The maximum absolute atomic E-state index is 12.4. The molecule has 31 heavy (non-hydrogen) atoms. The highest BCUT2D eigenvalue weighted by molar-refractivity contribution is 7.87. The molecule has 0 fully saturated rings. The zero-order valence-corrected chi connectivity index (χ0v) is 17.1. The van der Waals surface area contributed by atoms with Gasteiger partial charge in [-0.25, -0.2) is 5.43 Å². The van der Waals surface area contributed by atoms with Gasteiger partial charge in [-0.05, 0) is 52.7 Å². The summed E-state index contributed by atoms with van der Waals surface area (Å²) in [5.74, 6) is -0.199. The number of hydrogen-bond acceptors (Lipinski definition) is 5. The summed E-state index contributed by atoms with van der Waals surface area (Å²) >= 11 is 0. The van der Waals surface area contributed by atoms with Crippen LogP contribution in [0.5, 0.6) is 5.75 Å². The van der Waals surface area contributed by atoms with E-state index >= 15 is 0 Å². The molecule has 1 amide bonds. The molecule has 7 heteroatoms. The third kappa shape index (κ3) is 4.96. The van der Waals surface area contributed by atoms with Crippen molar-refractivity contribution in [1.29, 1.82) is 0 Å². The fraction of sp³-hybridized carbons (Fsp3) is 0. The summed E-state index contributed by atoms with van der Waals surface area (Å²) in [7, 11) is -3.93. The highest BCUT2D eigenvalue weighted by atomic mass is 32.2. The van der Waals surface area contributed by atoms with E-state index in [1.54, 1.807) is 42.5 Å². The minimum Gasteiger partial charge on any atom is -0.379 e. The number of carbonyl (C=O) groups is 1. The first-order valence-electron chi connectivity index (χ1n) is 9.43. The first-order valence-corrected chi connectivity index (χ1v) is 10.8. The largest absolute Gasteiger partial charge is 0.379 e. The second kappa shape index (κ2) is 8.81. The summed E-state index contributed by atoms with van der Waals surface area (Å²) in [6.07, 6.45) is 1.42. The van der Waals surface area contributed by atoms with Crippen LogP contribution in [-0.4, -0.2) is 20.5 Å². The van der Waals surface area contributed by atoms with Crippen LogP contribution in [0.3, 0.4) is 0 Å². The number of fused-ring (bicyclic) bond motifs is 1. The molecule has 0 radical (unpaired) electrons. The van der Waals surface area contributed by atoms with Crippen LogP contribution in [0.15, 0.2) is 107 Å². The summed E-state index contributed by atoms with van der Waals surface area (Å²) in [6.45, 7) is 0. The number of amides is 1. The van der Waals surface area contributed by atoms with Crippen LogP contribution >= 0.6 is 0 Å². The second-order valence-corrected chi connectivity index (χ2v) is 8.23. The van der Waals surface area contributed by atoms with Crippen molar-refractivity contribution in [3.05, 3.63) is 108 Å². The SMILES string of the molecule is O=C(N/N=C\c1cccc(OS(=O)(=O)c2ccccc2)c1)c1ccc2ccccc2c1. The average molecular weight is 430 g/mol. The van der Waals surface area contributed by atoms with E-state index in [1.807, 2.05) is 30.3 Å². The van der Waals surface area contributed by atoms with Crippen LogP contribution in [0.4, 0.5) is 0 Å². The topological polar surface area (TPSA) is 84.8 Å². The summed E-state index contributed by atoms with van der Waals surface area (Å²) in [6, 6.07) is 27.5. The molecule has 1 N–H and O–H groups in total. The third-order valence-corrected chi connectivity index (χ3v) is 5.75. The number of hydrogen-bond donors (Lipinski definition) is 1. The summed E-state index contributed by atoms with van der Waals surface area (Å²) in [5.41, 5.74) is 3.53. The summed E-state index contributed by atoms with van der Waals surface area (Å²) in [5, 5.41) is 5.97. The van der Waals surface area contributed by atoms with E-state index in [0.29, 0.717) is 11.1 Å². The van der Waals surface area contributed by atoms with Gasteiger partial charge in [0.25, 0.3) is 5.91 Å². The van der Waals surface area contributed by atoms with Gasteiger partial charge in [-0.1, -0.05) is 60.7 Å². The van der Waals surface area contributed by atoms with Crippen LogP contribution in [0.1, 0.15) is 15.9 Å². The third-order valence-electron chi connectivity index (χ3n) is 4.49. The monoisotopic (exact) mass is 430 g/mol. The van der Waals surface area contributed by atoms with Crippen molar-refractivity contribution in [2.24, 2.45) is 5.10 Å². The van der Waals surface area contributed by atoms with E-state index < -0.39 is 10.1 Å². The van der Waals surface area contributed by atoms with E-state index in [9.17, 15) is 13.2 Å². The molecular weight excluding hydrogens is 412 g/mol. The lowest BCUT2D eigenvalue weighted by Gasteiger charge is -2.07. The van der Waals surface area contributed by atoms with Crippen molar-refractivity contribution in [3.8, 4) is 5.75 Å². The van der Waals surface area contributed by atoms with Crippen molar-refractivity contribution >= 4 is 33.0 Å². The number of nitrogens with one attached hydrogen (secondary N) is 1. The van der Waals surface area contributed by atoms with E-state index in [-0.39, 0.29) is 16.6 Å². The first-order chi connectivity index (χ1) is 15.0. The molecule has 0 saturated heterocycles. The van der Waals surface area contributed by atoms with Gasteiger partial charge >= 0.3 is 10.1 Å². The van der Waals surface area contributed by atoms with Gasteiger partial charge in [0.05, 0.1) is 6.21 Å². The Kier molecular flexibility index (Phi) is 5.77. The molecule has 0 aliphatic carbocycles. The van der Waals surface area contributed by atoms with Gasteiger partial charge in [0, 0.05) is 5.56 Å². The molecule has 4 aromatic carbocycles. The lowest BCUT2D eigenvalue weighted by Crippen LogP contribution is -2.17. The number of benzene rings is 4. The molecule has 0 unspecified atom stereocenters. The molecule has 0 atom stereocenters. The Morgan fingerprint density at radius 2 is 1.55 bits per heavy atom. The lowest BCUT2D eigenvalue weighted by atomic mass is 10.1. The Labute approximate surface area is 179 Å². The summed E-state index contributed by atoms with van der Waals surface area (Å²) < 4.78 is 29.9. The zero-order chi connectivity index (χ0) is 21.7. The van der Waals surface area contributed by atoms with Crippen molar-refractivity contribution in [2.75, 3.05) is 0 Å². The predicted octanol–water partition coefficient (Wildman–Crippen LogP) is 4.37. The molecule has 0 aliphatic heterocycles. The van der Waals surface area contributed by atoms with Gasteiger partial charge < -0.3 is 4.18 Å². The van der Waals surface area contributed by atoms with Gasteiger partial charge in [0.15, 0.2) is 0 Å². The van der Waals surface area contributed by atoms with Gasteiger partial charge in [-0.15, -0.1) is 0 Å². The minimum atomic E-state index is -3.93. The smallest absolute Gasteiger partial charge is 0.339 e. The van der Waals surface area contributed by atoms with Crippen LogP contribution in [0.25, 0.3) is 10.8 Å². The molecule has 6 nitrogen and oxygen atoms in total. The van der Waals surface area contributed by atoms with Crippen molar-refractivity contribution in [3.63, 3.8) is 0 Å². The molecule has 0 spiro atoms.